The Bertz CT molecular complexity index is 717. The normalized spacial score (nSPS) is 22.8. The number of piperidine rings is 2. The van der Waals surface area contributed by atoms with Gasteiger partial charge in [-0.3, -0.25) is 9.80 Å². The van der Waals surface area contributed by atoms with Gasteiger partial charge in [0, 0.05) is 25.6 Å². The molecule has 2 fully saturated rings. The summed E-state index contributed by atoms with van der Waals surface area (Å²) in [6, 6.07) is 2.03. The van der Waals surface area contributed by atoms with Gasteiger partial charge in [0.05, 0.1) is 18.8 Å². The third kappa shape index (κ3) is 3.99. The third-order valence-electron chi connectivity index (χ3n) is 5.74. The van der Waals surface area contributed by atoms with Crippen molar-refractivity contribution in [2.45, 2.75) is 58.0 Å². The lowest BCUT2D eigenvalue weighted by atomic mass is 9.97. The van der Waals surface area contributed by atoms with Crippen molar-refractivity contribution in [2.75, 3.05) is 26.2 Å². The smallest absolute Gasteiger partial charge is 0.150 e. The molecule has 0 bridgehead atoms. The molecule has 2 aromatic heterocycles. The molecule has 2 aliphatic rings. The second-order valence-electron chi connectivity index (χ2n) is 7.88. The molecule has 26 heavy (non-hydrogen) atoms. The van der Waals surface area contributed by atoms with Gasteiger partial charge in [-0.2, -0.15) is 0 Å². The maximum absolute atomic E-state index is 5.39. The summed E-state index contributed by atoms with van der Waals surface area (Å²) in [4.78, 5) is 4.96. The molecule has 7 heteroatoms. The Balaban J connectivity index is 1.40. The molecule has 4 rings (SSSR count). The fourth-order valence-electron chi connectivity index (χ4n) is 4.31. The number of aromatic nitrogens is 4. The van der Waals surface area contributed by atoms with Gasteiger partial charge in [-0.1, -0.05) is 11.6 Å². The van der Waals surface area contributed by atoms with Crippen molar-refractivity contribution in [1.29, 1.82) is 0 Å². The van der Waals surface area contributed by atoms with Crippen molar-refractivity contribution in [3.8, 4) is 0 Å². The number of rotatable bonds is 5. The first-order chi connectivity index (χ1) is 12.7. The van der Waals surface area contributed by atoms with E-state index in [9.17, 15) is 0 Å². The van der Waals surface area contributed by atoms with E-state index >= 15 is 0 Å². The Morgan fingerprint density at radius 3 is 2.62 bits per heavy atom. The first-order valence-electron chi connectivity index (χ1n) is 9.94. The van der Waals surface area contributed by atoms with Gasteiger partial charge in [-0.15, -0.1) is 10.2 Å². The van der Waals surface area contributed by atoms with Crippen LogP contribution in [0.15, 0.2) is 10.6 Å². The minimum atomic E-state index is 0.445. The number of aryl methyl sites for hydroxylation is 1. The molecule has 0 aromatic carbocycles. The summed E-state index contributed by atoms with van der Waals surface area (Å²) in [5.74, 6) is 3.63. The van der Waals surface area contributed by atoms with E-state index in [4.69, 9.17) is 4.52 Å². The molecule has 0 unspecified atom stereocenters. The zero-order chi connectivity index (χ0) is 17.9. The van der Waals surface area contributed by atoms with Crippen LogP contribution < -0.4 is 0 Å². The SMILES string of the molecule is Cc1cc(CN2CCC[C@H](c3nnc(CN4CCCCC4)n3C)C2)on1. The van der Waals surface area contributed by atoms with Crippen LogP contribution in [0.25, 0.3) is 0 Å². The third-order valence-corrected chi connectivity index (χ3v) is 5.74. The molecule has 4 heterocycles. The van der Waals surface area contributed by atoms with Gasteiger partial charge < -0.3 is 9.09 Å². The number of hydrogen-bond donors (Lipinski definition) is 0. The molecular formula is C19H30N6O. The van der Waals surface area contributed by atoms with E-state index in [1.54, 1.807) is 0 Å². The van der Waals surface area contributed by atoms with Gasteiger partial charge in [-0.25, -0.2) is 0 Å². The molecule has 0 saturated carbocycles. The van der Waals surface area contributed by atoms with Crippen LogP contribution in [-0.4, -0.2) is 55.9 Å². The monoisotopic (exact) mass is 358 g/mol. The van der Waals surface area contributed by atoms with E-state index in [1.807, 2.05) is 13.0 Å². The lowest BCUT2D eigenvalue weighted by molar-refractivity contribution is 0.175. The van der Waals surface area contributed by atoms with Crippen molar-refractivity contribution in [3.05, 3.63) is 29.2 Å². The highest BCUT2D eigenvalue weighted by molar-refractivity contribution is 5.06. The summed E-state index contributed by atoms with van der Waals surface area (Å²) in [5, 5.41) is 13.1. The summed E-state index contributed by atoms with van der Waals surface area (Å²) in [5.41, 5.74) is 0.948. The van der Waals surface area contributed by atoms with E-state index in [2.05, 4.69) is 36.8 Å². The Morgan fingerprint density at radius 1 is 1.04 bits per heavy atom. The Morgan fingerprint density at radius 2 is 1.85 bits per heavy atom. The van der Waals surface area contributed by atoms with E-state index in [-0.39, 0.29) is 0 Å². The van der Waals surface area contributed by atoms with Crippen molar-refractivity contribution >= 4 is 0 Å². The lowest BCUT2D eigenvalue weighted by Gasteiger charge is -2.31. The van der Waals surface area contributed by atoms with Crippen LogP contribution >= 0.6 is 0 Å². The van der Waals surface area contributed by atoms with E-state index in [0.717, 1.165) is 49.3 Å². The fourth-order valence-corrected chi connectivity index (χ4v) is 4.31. The zero-order valence-electron chi connectivity index (χ0n) is 16.0. The summed E-state index contributed by atoms with van der Waals surface area (Å²) in [6.07, 6.45) is 6.35. The van der Waals surface area contributed by atoms with Gasteiger partial charge in [0.25, 0.3) is 0 Å². The van der Waals surface area contributed by atoms with Crippen LogP contribution in [-0.2, 0) is 20.1 Å². The average molecular weight is 358 g/mol. The largest absolute Gasteiger partial charge is 0.360 e. The zero-order valence-corrected chi connectivity index (χ0v) is 16.0. The lowest BCUT2D eigenvalue weighted by Crippen LogP contribution is -2.35. The first kappa shape index (κ1) is 17.7. The number of nitrogens with zero attached hydrogens (tertiary/aromatic N) is 6. The molecule has 2 aromatic rings. The molecule has 0 spiro atoms. The van der Waals surface area contributed by atoms with Crippen LogP contribution in [0.5, 0.6) is 0 Å². The summed E-state index contributed by atoms with van der Waals surface area (Å²) in [6.45, 7) is 8.22. The standard InChI is InChI=1S/C19H30N6O/c1-15-11-17(26-22-15)13-25-10-6-7-16(12-25)19-21-20-18(23(19)2)14-24-8-4-3-5-9-24/h11,16H,3-10,12-14H2,1-2H3/t16-/m0/s1. The fraction of sp³-hybridized carbons (Fsp3) is 0.737. The van der Waals surface area contributed by atoms with Crippen molar-refractivity contribution < 1.29 is 4.52 Å². The molecule has 0 radical (unpaired) electrons. The maximum Gasteiger partial charge on any atom is 0.150 e. The second-order valence-corrected chi connectivity index (χ2v) is 7.88. The molecule has 7 nitrogen and oxygen atoms in total. The summed E-state index contributed by atoms with van der Waals surface area (Å²) in [7, 11) is 2.13. The Labute approximate surface area is 155 Å². The number of hydrogen-bond acceptors (Lipinski definition) is 6. The van der Waals surface area contributed by atoms with E-state index < -0.39 is 0 Å². The van der Waals surface area contributed by atoms with Crippen LogP contribution in [0.3, 0.4) is 0 Å². The topological polar surface area (TPSA) is 63.2 Å². The maximum atomic E-state index is 5.39. The summed E-state index contributed by atoms with van der Waals surface area (Å²) >= 11 is 0. The summed E-state index contributed by atoms with van der Waals surface area (Å²) < 4.78 is 7.63. The van der Waals surface area contributed by atoms with Crippen LogP contribution in [0.2, 0.25) is 0 Å². The molecular weight excluding hydrogens is 328 g/mol. The predicted octanol–water partition coefficient (Wildman–Crippen LogP) is 2.48. The van der Waals surface area contributed by atoms with Gasteiger partial charge in [0.15, 0.2) is 5.76 Å². The minimum absolute atomic E-state index is 0.445. The molecule has 1 atom stereocenters. The number of likely N-dealkylation sites (tertiary alicyclic amines) is 2. The van der Waals surface area contributed by atoms with Gasteiger partial charge >= 0.3 is 0 Å². The quantitative estimate of drug-likeness (QED) is 0.818. The highest BCUT2D eigenvalue weighted by Gasteiger charge is 2.27. The Hall–Kier alpha value is -1.73. The van der Waals surface area contributed by atoms with Crippen molar-refractivity contribution in [3.63, 3.8) is 0 Å². The van der Waals surface area contributed by atoms with Crippen LogP contribution in [0.1, 0.15) is 61.1 Å². The van der Waals surface area contributed by atoms with Crippen molar-refractivity contribution in [2.24, 2.45) is 7.05 Å². The van der Waals surface area contributed by atoms with Gasteiger partial charge in [0.2, 0.25) is 0 Å². The molecule has 142 valence electrons. The van der Waals surface area contributed by atoms with Gasteiger partial charge in [-0.05, 0) is 52.2 Å². The molecule has 0 aliphatic carbocycles. The Kier molecular flexibility index (Phi) is 5.36. The van der Waals surface area contributed by atoms with Crippen molar-refractivity contribution in [1.82, 2.24) is 29.7 Å². The molecule has 0 amide bonds. The molecule has 0 N–H and O–H groups in total. The highest BCUT2D eigenvalue weighted by Crippen LogP contribution is 2.27. The minimum Gasteiger partial charge on any atom is -0.360 e. The van der Waals surface area contributed by atoms with Crippen LogP contribution in [0, 0.1) is 6.92 Å². The van der Waals surface area contributed by atoms with Gasteiger partial charge in [0.1, 0.15) is 11.6 Å². The average Bonchev–Trinajstić information content (AvgIpc) is 3.22. The second kappa shape index (κ2) is 7.88. The van der Waals surface area contributed by atoms with E-state index in [0.29, 0.717) is 5.92 Å². The van der Waals surface area contributed by atoms with Crippen LogP contribution in [0.4, 0.5) is 0 Å². The predicted molar refractivity (Wildman–Crippen MR) is 98.6 cm³/mol. The van der Waals surface area contributed by atoms with E-state index in [1.165, 1.54) is 45.2 Å². The highest BCUT2D eigenvalue weighted by atomic mass is 16.5. The molecule has 2 saturated heterocycles. The first-order valence-corrected chi connectivity index (χ1v) is 9.94. The molecule has 2 aliphatic heterocycles.